The SMILES string of the molecule is CCCCCCCCCCCCCCCCOCC(CSC)OCCCCCCCCCCCCCCCC. The molecule has 1 unspecified atom stereocenters. The van der Waals surface area contributed by atoms with Gasteiger partial charge in [-0.2, -0.15) is 11.8 Å². The predicted molar refractivity (Wildman–Crippen MR) is 180 cm³/mol. The summed E-state index contributed by atoms with van der Waals surface area (Å²) in [7, 11) is 0. The van der Waals surface area contributed by atoms with Crippen molar-refractivity contribution in [3.05, 3.63) is 0 Å². The molecule has 39 heavy (non-hydrogen) atoms. The molecule has 0 aromatic heterocycles. The van der Waals surface area contributed by atoms with Crippen molar-refractivity contribution in [2.75, 3.05) is 31.8 Å². The molecule has 0 N–H and O–H groups in total. The Morgan fingerprint density at radius 1 is 0.410 bits per heavy atom. The van der Waals surface area contributed by atoms with Gasteiger partial charge in [0, 0.05) is 19.0 Å². The molecule has 0 aliphatic carbocycles. The van der Waals surface area contributed by atoms with Crippen LogP contribution in [0.25, 0.3) is 0 Å². The van der Waals surface area contributed by atoms with Crippen molar-refractivity contribution in [2.45, 2.75) is 200 Å². The van der Waals surface area contributed by atoms with E-state index in [1.165, 1.54) is 180 Å². The van der Waals surface area contributed by atoms with Crippen molar-refractivity contribution in [1.82, 2.24) is 0 Å². The average Bonchev–Trinajstić information content (AvgIpc) is 2.94. The van der Waals surface area contributed by atoms with Crippen molar-refractivity contribution in [3.8, 4) is 0 Å². The lowest BCUT2D eigenvalue weighted by Crippen LogP contribution is -2.23. The molecule has 0 saturated heterocycles. The molecule has 3 heteroatoms. The topological polar surface area (TPSA) is 18.5 Å². The van der Waals surface area contributed by atoms with Gasteiger partial charge >= 0.3 is 0 Å². The second-order valence-corrected chi connectivity index (χ2v) is 13.1. The number of rotatable bonds is 35. The van der Waals surface area contributed by atoms with Crippen LogP contribution in [0.3, 0.4) is 0 Å². The molecule has 0 bridgehead atoms. The zero-order chi connectivity index (χ0) is 28.3. The first-order valence-electron chi connectivity index (χ1n) is 18.0. The number of hydrogen-bond acceptors (Lipinski definition) is 3. The molecule has 0 saturated carbocycles. The second kappa shape index (κ2) is 36.3. The Balaban J connectivity index is 3.35. The van der Waals surface area contributed by atoms with E-state index in [9.17, 15) is 0 Å². The summed E-state index contributed by atoms with van der Waals surface area (Å²) in [6, 6.07) is 0. The van der Waals surface area contributed by atoms with Crippen molar-refractivity contribution in [2.24, 2.45) is 0 Å². The first-order chi connectivity index (χ1) is 19.3. The average molecular weight is 571 g/mol. The van der Waals surface area contributed by atoms with Gasteiger partial charge in [-0.15, -0.1) is 0 Å². The molecular weight excluding hydrogens is 496 g/mol. The van der Waals surface area contributed by atoms with Crippen LogP contribution in [0.2, 0.25) is 0 Å². The summed E-state index contributed by atoms with van der Waals surface area (Å²) >= 11 is 1.88. The van der Waals surface area contributed by atoms with Crippen LogP contribution in [0.15, 0.2) is 0 Å². The fourth-order valence-electron chi connectivity index (χ4n) is 5.49. The molecule has 0 aromatic rings. The highest BCUT2D eigenvalue weighted by molar-refractivity contribution is 7.98. The Labute approximate surface area is 252 Å². The van der Waals surface area contributed by atoms with Gasteiger partial charge in [0.25, 0.3) is 0 Å². The minimum Gasteiger partial charge on any atom is -0.379 e. The molecule has 0 spiro atoms. The Bertz CT molecular complexity index is 417. The minimum atomic E-state index is 0.272. The van der Waals surface area contributed by atoms with Gasteiger partial charge in [-0.3, -0.25) is 0 Å². The van der Waals surface area contributed by atoms with Crippen molar-refractivity contribution < 1.29 is 9.47 Å². The summed E-state index contributed by atoms with van der Waals surface area (Å²) in [6.45, 7) is 7.19. The maximum atomic E-state index is 6.17. The van der Waals surface area contributed by atoms with Gasteiger partial charge in [0.2, 0.25) is 0 Å². The van der Waals surface area contributed by atoms with Crippen LogP contribution in [-0.4, -0.2) is 37.9 Å². The Hall–Kier alpha value is 0.270. The molecule has 2 nitrogen and oxygen atoms in total. The second-order valence-electron chi connectivity index (χ2n) is 12.2. The summed E-state index contributed by atoms with van der Waals surface area (Å²) in [6.07, 6.45) is 41.9. The van der Waals surface area contributed by atoms with Crippen LogP contribution >= 0.6 is 11.8 Å². The van der Waals surface area contributed by atoms with E-state index in [-0.39, 0.29) is 6.10 Å². The van der Waals surface area contributed by atoms with E-state index in [2.05, 4.69) is 20.1 Å². The number of thioether (sulfide) groups is 1. The van der Waals surface area contributed by atoms with E-state index < -0.39 is 0 Å². The van der Waals surface area contributed by atoms with E-state index in [1.807, 2.05) is 11.8 Å². The zero-order valence-corrected chi connectivity index (χ0v) is 28.2. The van der Waals surface area contributed by atoms with E-state index in [0.717, 1.165) is 25.6 Å². The van der Waals surface area contributed by atoms with Gasteiger partial charge in [0.1, 0.15) is 0 Å². The maximum absolute atomic E-state index is 6.17. The first-order valence-corrected chi connectivity index (χ1v) is 19.4. The van der Waals surface area contributed by atoms with Gasteiger partial charge in [0.15, 0.2) is 0 Å². The first kappa shape index (κ1) is 39.3. The molecule has 0 amide bonds. The van der Waals surface area contributed by atoms with Crippen LogP contribution in [0, 0.1) is 0 Å². The Morgan fingerprint density at radius 2 is 0.718 bits per heavy atom. The zero-order valence-electron chi connectivity index (χ0n) is 27.4. The molecule has 236 valence electrons. The van der Waals surface area contributed by atoms with Gasteiger partial charge in [0.05, 0.1) is 12.7 Å². The quantitative estimate of drug-likeness (QED) is 0.0706. The van der Waals surface area contributed by atoms with Crippen LogP contribution in [0.1, 0.15) is 194 Å². The molecule has 0 aromatic carbocycles. The van der Waals surface area contributed by atoms with Crippen LogP contribution in [0.5, 0.6) is 0 Å². The lowest BCUT2D eigenvalue weighted by molar-refractivity contribution is -0.00618. The Morgan fingerprint density at radius 3 is 1.05 bits per heavy atom. The largest absolute Gasteiger partial charge is 0.379 e. The molecule has 0 rings (SSSR count). The lowest BCUT2D eigenvalue weighted by Gasteiger charge is -2.17. The molecular formula is C36H74O2S. The molecule has 0 heterocycles. The van der Waals surface area contributed by atoms with Crippen molar-refractivity contribution in [1.29, 1.82) is 0 Å². The summed E-state index contributed by atoms with van der Waals surface area (Å²) < 4.78 is 12.2. The monoisotopic (exact) mass is 571 g/mol. The summed E-state index contributed by atoms with van der Waals surface area (Å²) in [4.78, 5) is 0. The minimum absolute atomic E-state index is 0.272. The van der Waals surface area contributed by atoms with Gasteiger partial charge in [-0.25, -0.2) is 0 Å². The van der Waals surface area contributed by atoms with E-state index in [1.54, 1.807) is 0 Å². The van der Waals surface area contributed by atoms with Gasteiger partial charge in [-0.1, -0.05) is 181 Å². The molecule has 1 atom stereocenters. The van der Waals surface area contributed by atoms with Crippen molar-refractivity contribution in [3.63, 3.8) is 0 Å². The number of unbranched alkanes of at least 4 members (excludes halogenated alkanes) is 26. The van der Waals surface area contributed by atoms with Gasteiger partial charge in [-0.05, 0) is 19.1 Å². The number of hydrogen-bond donors (Lipinski definition) is 0. The maximum Gasteiger partial charge on any atom is 0.0898 e. The fourth-order valence-corrected chi connectivity index (χ4v) is 6.05. The highest BCUT2D eigenvalue weighted by atomic mass is 32.2. The molecule has 0 aliphatic heterocycles. The predicted octanol–water partition coefficient (Wildman–Crippen LogP) is 12.7. The summed E-state index contributed by atoms with van der Waals surface area (Å²) in [5.74, 6) is 1.05. The number of ether oxygens (including phenoxy) is 2. The summed E-state index contributed by atoms with van der Waals surface area (Å²) in [5.41, 5.74) is 0. The molecule has 0 fully saturated rings. The smallest absolute Gasteiger partial charge is 0.0898 e. The normalized spacial score (nSPS) is 12.4. The van der Waals surface area contributed by atoms with E-state index >= 15 is 0 Å². The van der Waals surface area contributed by atoms with Gasteiger partial charge < -0.3 is 9.47 Å². The van der Waals surface area contributed by atoms with Crippen LogP contribution < -0.4 is 0 Å². The van der Waals surface area contributed by atoms with E-state index in [4.69, 9.17) is 9.47 Å². The van der Waals surface area contributed by atoms with E-state index in [0.29, 0.717) is 0 Å². The molecule has 0 aliphatic rings. The third-order valence-corrected chi connectivity index (χ3v) is 8.86. The van der Waals surface area contributed by atoms with Crippen LogP contribution in [-0.2, 0) is 9.47 Å². The van der Waals surface area contributed by atoms with Crippen molar-refractivity contribution >= 4 is 11.8 Å². The highest BCUT2D eigenvalue weighted by Gasteiger charge is 2.08. The summed E-state index contributed by atoms with van der Waals surface area (Å²) in [5, 5.41) is 0. The third-order valence-electron chi connectivity index (χ3n) is 8.15. The molecule has 0 radical (unpaired) electrons. The standard InChI is InChI=1S/C36H74O2S/c1-4-6-8-10-12-14-16-18-20-22-24-26-28-30-32-37-34-36(35-39-3)38-33-31-29-27-25-23-21-19-17-15-13-11-9-7-5-2/h36H,4-35H2,1-3H3. The third kappa shape index (κ3) is 34.4. The Kier molecular flexibility index (Phi) is 36.5. The van der Waals surface area contributed by atoms with Crippen LogP contribution in [0.4, 0.5) is 0 Å². The highest BCUT2D eigenvalue weighted by Crippen LogP contribution is 2.15. The lowest BCUT2D eigenvalue weighted by atomic mass is 10.0. The fraction of sp³-hybridized carbons (Fsp3) is 1.00.